The highest BCUT2D eigenvalue weighted by Crippen LogP contribution is 2.54. The smallest absolute Gasteiger partial charge is 0.340 e. The van der Waals surface area contributed by atoms with Crippen molar-refractivity contribution in [2.45, 2.75) is 78.7 Å². The number of aryl methyl sites for hydroxylation is 2. The highest BCUT2D eigenvalue weighted by molar-refractivity contribution is 6.01. The van der Waals surface area contributed by atoms with E-state index in [0.717, 1.165) is 83.2 Å². The second kappa shape index (κ2) is 12.8. The van der Waals surface area contributed by atoms with E-state index in [4.69, 9.17) is 9.47 Å². The van der Waals surface area contributed by atoms with Gasteiger partial charge in [-0.2, -0.15) is 0 Å². The molecule has 0 amide bonds. The summed E-state index contributed by atoms with van der Waals surface area (Å²) in [6.45, 7) is 11.2. The number of hydrogen-bond donors (Lipinski definition) is 0. The molecule has 6 nitrogen and oxygen atoms in total. The maximum Gasteiger partial charge on any atom is 0.340 e. The van der Waals surface area contributed by atoms with Crippen molar-refractivity contribution in [3.63, 3.8) is 0 Å². The molecule has 4 heterocycles. The van der Waals surface area contributed by atoms with Gasteiger partial charge < -0.3 is 18.6 Å². The molecular weight excluding hydrogens is 596 g/mol. The predicted octanol–water partition coefficient (Wildman–Crippen LogP) is 9.63. The van der Waals surface area contributed by atoms with Gasteiger partial charge in [-0.3, -0.25) is 0 Å². The summed E-state index contributed by atoms with van der Waals surface area (Å²) < 4.78 is 16.4. The average molecular weight is 639 g/mol. The Kier molecular flexibility index (Phi) is 8.42. The van der Waals surface area contributed by atoms with Crippen molar-refractivity contribution in [1.82, 2.24) is 9.13 Å². The quantitative estimate of drug-likeness (QED) is 0.156. The minimum Gasteiger partial charge on any atom is -0.457 e. The Bertz CT molecular complexity index is 2080. The van der Waals surface area contributed by atoms with Crippen LogP contribution < -0.4 is 0 Å². The van der Waals surface area contributed by atoms with Gasteiger partial charge in [0, 0.05) is 68.5 Å². The van der Waals surface area contributed by atoms with E-state index < -0.39 is 5.60 Å². The van der Waals surface area contributed by atoms with Crippen LogP contribution in [0, 0.1) is 13.8 Å². The molecule has 244 valence electrons. The summed E-state index contributed by atoms with van der Waals surface area (Å²) in [5.74, 6) is -0.453. The van der Waals surface area contributed by atoms with Crippen LogP contribution in [-0.4, -0.2) is 21.1 Å². The number of aromatic nitrogens is 2. The molecule has 6 aromatic rings. The fourth-order valence-corrected chi connectivity index (χ4v) is 7.74. The van der Waals surface area contributed by atoms with E-state index in [0.29, 0.717) is 17.7 Å². The van der Waals surface area contributed by atoms with Crippen molar-refractivity contribution in [1.29, 1.82) is 0 Å². The third kappa shape index (κ3) is 4.93. The summed E-state index contributed by atoms with van der Waals surface area (Å²) in [5, 5.41) is 2.30. The molecule has 0 atom stereocenters. The molecule has 0 bridgehead atoms. The normalized spacial score (nSPS) is 14.4. The summed E-state index contributed by atoms with van der Waals surface area (Å²) in [7, 11) is 0. The molecule has 4 aromatic carbocycles. The van der Waals surface area contributed by atoms with E-state index in [1.165, 1.54) is 11.0 Å². The number of hydrogen-bond acceptors (Lipinski definition) is 4. The standard InChI is InChI=1S/C34H36N2O2.C8H6O2/c1-5-7-21-35-23(3)31(26-16-10-13-19-29(26)35)34(28-18-12-9-15-25(28)33(37)38-34)32-24(4)36(22-8-6-2)30-20-14-11-17-27(30)32;9-8-7-4-2-1-3-6(7)5-10-8/h9-20H,5-8,21-22H2,1-4H3;1-4H,5H2. The number of carbonyl (C=O) groups excluding carboxylic acids is 2. The molecule has 6 heteroatoms. The van der Waals surface area contributed by atoms with E-state index in [2.05, 4.69) is 91.4 Å². The van der Waals surface area contributed by atoms with E-state index in [1.54, 1.807) is 6.07 Å². The van der Waals surface area contributed by atoms with Crippen LogP contribution in [0.2, 0.25) is 0 Å². The number of cyclic esters (lactones) is 2. The molecule has 0 aliphatic carbocycles. The van der Waals surface area contributed by atoms with Crippen molar-refractivity contribution < 1.29 is 19.1 Å². The van der Waals surface area contributed by atoms with E-state index in [-0.39, 0.29) is 11.9 Å². The van der Waals surface area contributed by atoms with Crippen LogP contribution in [0.4, 0.5) is 0 Å². The third-order valence-electron chi connectivity index (χ3n) is 10.0. The molecular formula is C42H42N2O4. The SMILES string of the molecule is CCCCn1c(C)c(C2(c3c(C)n(CCCC)c4ccccc34)OC(=O)c3ccccc32)c2ccccc21.O=C1OCc2ccccc21. The molecule has 8 rings (SSSR count). The summed E-state index contributed by atoms with van der Waals surface area (Å²) in [6, 6.07) is 32.6. The Hall–Kier alpha value is -5.10. The second-order valence-electron chi connectivity index (χ2n) is 12.8. The lowest BCUT2D eigenvalue weighted by Crippen LogP contribution is -2.31. The predicted molar refractivity (Wildman–Crippen MR) is 190 cm³/mol. The topological polar surface area (TPSA) is 62.5 Å². The number of unbranched alkanes of at least 4 members (excludes halogenated alkanes) is 2. The third-order valence-corrected chi connectivity index (χ3v) is 10.0. The molecule has 0 radical (unpaired) electrons. The van der Waals surface area contributed by atoms with Gasteiger partial charge in [0.05, 0.1) is 11.1 Å². The zero-order chi connectivity index (χ0) is 33.4. The van der Waals surface area contributed by atoms with E-state index in [1.807, 2.05) is 36.4 Å². The van der Waals surface area contributed by atoms with Crippen molar-refractivity contribution in [2.24, 2.45) is 0 Å². The number of ether oxygens (including phenoxy) is 2. The van der Waals surface area contributed by atoms with Crippen LogP contribution in [0.1, 0.15) is 93.9 Å². The van der Waals surface area contributed by atoms with Gasteiger partial charge in [-0.15, -0.1) is 0 Å². The molecule has 0 spiro atoms. The number of esters is 2. The molecule has 2 aliphatic rings. The number of rotatable bonds is 8. The first-order valence-electron chi connectivity index (χ1n) is 17.2. The first-order valence-corrected chi connectivity index (χ1v) is 17.2. The van der Waals surface area contributed by atoms with Gasteiger partial charge in [-0.1, -0.05) is 99.5 Å². The van der Waals surface area contributed by atoms with Crippen molar-refractivity contribution in [2.75, 3.05) is 0 Å². The largest absolute Gasteiger partial charge is 0.457 e. The highest BCUT2D eigenvalue weighted by Gasteiger charge is 2.53. The van der Waals surface area contributed by atoms with Gasteiger partial charge in [0.15, 0.2) is 5.60 Å². The minimum atomic E-state index is -1.03. The number of para-hydroxylation sites is 2. The van der Waals surface area contributed by atoms with E-state index >= 15 is 0 Å². The Balaban J connectivity index is 0.000000310. The molecule has 0 saturated heterocycles. The first-order chi connectivity index (χ1) is 23.4. The summed E-state index contributed by atoms with van der Waals surface area (Å²) in [6.07, 6.45) is 4.43. The molecule has 0 fully saturated rings. The highest BCUT2D eigenvalue weighted by atomic mass is 16.6. The van der Waals surface area contributed by atoms with Crippen molar-refractivity contribution in [3.05, 3.63) is 142 Å². The average Bonchev–Trinajstić information content (AvgIpc) is 3.81. The Morgan fingerprint density at radius 2 is 1.12 bits per heavy atom. The lowest BCUT2D eigenvalue weighted by molar-refractivity contribution is 0.0255. The molecule has 2 aromatic heterocycles. The number of fused-ring (bicyclic) bond motifs is 4. The minimum absolute atomic E-state index is 0.199. The Labute approximate surface area is 281 Å². The monoisotopic (exact) mass is 638 g/mol. The second-order valence-corrected chi connectivity index (χ2v) is 12.8. The van der Waals surface area contributed by atoms with Gasteiger partial charge in [-0.25, -0.2) is 9.59 Å². The number of carbonyl (C=O) groups is 2. The lowest BCUT2D eigenvalue weighted by atomic mass is 9.77. The zero-order valence-corrected chi connectivity index (χ0v) is 28.2. The van der Waals surface area contributed by atoms with Crippen LogP contribution in [0.15, 0.2) is 97.1 Å². The molecule has 2 aliphatic heterocycles. The molecule has 48 heavy (non-hydrogen) atoms. The van der Waals surface area contributed by atoms with Crippen molar-refractivity contribution in [3.8, 4) is 0 Å². The fourth-order valence-electron chi connectivity index (χ4n) is 7.74. The Morgan fingerprint density at radius 1 is 0.625 bits per heavy atom. The van der Waals surface area contributed by atoms with Crippen LogP contribution in [0.5, 0.6) is 0 Å². The lowest BCUT2D eigenvalue weighted by Gasteiger charge is -2.31. The fraction of sp³-hybridized carbons (Fsp3) is 0.286. The molecule has 0 unspecified atom stereocenters. The molecule has 0 saturated carbocycles. The maximum atomic E-state index is 13.6. The van der Waals surface area contributed by atoms with Crippen molar-refractivity contribution >= 4 is 33.7 Å². The maximum absolute atomic E-state index is 13.6. The van der Waals surface area contributed by atoms with E-state index in [9.17, 15) is 9.59 Å². The summed E-state index contributed by atoms with van der Waals surface area (Å²) in [4.78, 5) is 24.5. The van der Waals surface area contributed by atoms with Gasteiger partial charge in [0.2, 0.25) is 0 Å². The van der Waals surface area contributed by atoms with Gasteiger partial charge >= 0.3 is 11.9 Å². The Morgan fingerprint density at radius 3 is 1.69 bits per heavy atom. The number of benzene rings is 4. The zero-order valence-electron chi connectivity index (χ0n) is 28.2. The summed E-state index contributed by atoms with van der Waals surface area (Å²) >= 11 is 0. The number of nitrogens with zero attached hydrogens (tertiary/aromatic N) is 2. The van der Waals surface area contributed by atoms with Gasteiger partial charge in [0.1, 0.15) is 6.61 Å². The van der Waals surface area contributed by atoms with Crippen LogP contribution in [0.25, 0.3) is 21.8 Å². The van der Waals surface area contributed by atoms with Gasteiger partial charge in [0.25, 0.3) is 0 Å². The molecule has 0 N–H and O–H groups in total. The summed E-state index contributed by atoms with van der Waals surface area (Å²) in [5.41, 5.74) is 9.15. The van der Waals surface area contributed by atoms with Crippen LogP contribution >= 0.6 is 0 Å². The van der Waals surface area contributed by atoms with Crippen LogP contribution in [-0.2, 0) is 34.8 Å². The first kappa shape index (κ1) is 31.5. The van der Waals surface area contributed by atoms with Gasteiger partial charge in [-0.05, 0) is 51.0 Å². The van der Waals surface area contributed by atoms with Crippen LogP contribution in [0.3, 0.4) is 0 Å².